The number of imide groups is 1. The Morgan fingerprint density at radius 3 is 2.65 bits per heavy atom. The summed E-state index contributed by atoms with van der Waals surface area (Å²) in [4.78, 5) is 47.3. The predicted molar refractivity (Wildman–Crippen MR) is 229 cm³/mol. The average Bonchev–Trinajstić information content (AvgIpc) is 3.56. The van der Waals surface area contributed by atoms with Crippen LogP contribution in [-0.2, 0) is 25.5 Å². The second-order valence-electron chi connectivity index (χ2n) is 18.2. The molecule has 1 aromatic carbocycles. The van der Waals surface area contributed by atoms with Crippen molar-refractivity contribution in [1.29, 1.82) is 0 Å². The molecule has 7 heterocycles. The molecule has 1 spiro atoms. The number of aromatic nitrogens is 7. The van der Waals surface area contributed by atoms with Gasteiger partial charge in [0.15, 0.2) is 11.3 Å². The van der Waals surface area contributed by atoms with Gasteiger partial charge in [0.05, 0.1) is 47.4 Å². The normalized spacial score (nSPS) is 23.3. The van der Waals surface area contributed by atoms with Gasteiger partial charge in [0.2, 0.25) is 5.91 Å². The van der Waals surface area contributed by atoms with Gasteiger partial charge >= 0.3 is 0 Å². The summed E-state index contributed by atoms with van der Waals surface area (Å²) in [5, 5.41) is 19.6. The Balaban J connectivity index is 0.678. The minimum Gasteiger partial charge on any atom is -0.378 e. The largest absolute Gasteiger partial charge is 0.378 e. The van der Waals surface area contributed by atoms with E-state index in [1.165, 1.54) is 16.3 Å². The van der Waals surface area contributed by atoms with E-state index in [0.29, 0.717) is 44.2 Å². The lowest BCUT2D eigenvalue weighted by Crippen LogP contribution is -2.44. The Hall–Kier alpha value is -5.33. The number of morpholine rings is 1. The molecule has 3 amide bonds. The molecule has 3 aliphatic heterocycles. The fraction of sp³-hybridized carbons (Fsp3) is 0.578. The molecule has 2 saturated carbocycles. The maximum atomic E-state index is 14.3. The van der Waals surface area contributed by atoms with Crippen LogP contribution in [-0.4, -0.2) is 114 Å². The fourth-order valence-electron chi connectivity index (χ4n) is 10.3. The number of halogens is 2. The smallest absolute Gasteiger partial charge is 0.284 e. The van der Waals surface area contributed by atoms with E-state index in [2.05, 4.69) is 36.7 Å². The molecule has 63 heavy (non-hydrogen) atoms. The molecule has 1 unspecified atom stereocenters. The summed E-state index contributed by atoms with van der Waals surface area (Å²) in [7, 11) is 0. The number of fused-ring (bicyclic) bond motifs is 2. The van der Waals surface area contributed by atoms with Crippen LogP contribution in [0.1, 0.15) is 116 Å². The third kappa shape index (κ3) is 8.68. The van der Waals surface area contributed by atoms with Gasteiger partial charge in [-0.3, -0.25) is 29.1 Å². The molecular weight excluding hydrogens is 813 g/mol. The molecule has 2 aliphatic carbocycles. The number of nitrogens with one attached hydrogen (secondary N) is 2. The molecule has 5 aromatic rings. The van der Waals surface area contributed by atoms with E-state index in [0.717, 1.165) is 113 Å². The molecule has 10 rings (SSSR count). The van der Waals surface area contributed by atoms with E-state index < -0.39 is 24.1 Å². The minimum absolute atomic E-state index is 0.00747. The van der Waals surface area contributed by atoms with Crippen molar-refractivity contribution >= 4 is 45.8 Å². The van der Waals surface area contributed by atoms with Gasteiger partial charge < -0.3 is 24.6 Å². The SMILES string of the molecule is Cc1nn(C2CCC(=O)NC2=O)c2cccc(CCCOC3CCN(CC4CCC(n5cc(NC(=O)c6cnn7ccc(N8CCOC9(CC9)C8)nc67)c(C(F)F)n5)CC4)CC3)c12. The Labute approximate surface area is 363 Å². The number of alkyl halides is 2. The number of aryl methyl sites for hydroxylation is 2. The maximum Gasteiger partial charge on any atom is 0.284 e. The number of anilines is 2. The van der Waals surface area contributed by atoms with Crippen LogP contribution >= 0.6 is 0 Å². The van der Waals surface area contributed by atoms with Crippen LogP contribution < -0.4 is 15.5 Å². The second-order valence-corrected chi connectivity index (χ2v) is 18.2. The predicted octanol–water partition coefficient (Wildman–Crippen LogP) is 5.97. The first-order chi connectivity index (χ1) is 30.6. The van der Waals surface area contributed by atoms with E-state index in [9.17, 15) is 23.2 Å². The first-order valence-corrected chi connectivity index (χ1v) is 22.7. The van der Waals surface area contributed by atoms with Crippen molar-refractivity contribution in [3.63, 3.8) is 0 Å². The molecule has 3 saturated heterocycles. The van der Waals surface area contributed by atoms with Crippen molar-refractivity contribution in [1.82, 2.24) is 44.4 Å². The summed E-state index contributed by atoms with van der Waals surface area (Å²) in [6.45, 7) is 7.69. The van der Waals surface area contributed by atoms with Gasteiger partial charge in [0, 0.05) is 63.5 Å². The molecular formula is C45H55F2N11O5. The number of benzene rings is 1. The van der Waals surface area contributed by atoms with Gasteiger partial charge in [-0.15, -0.1) is 0 Å². The second kappa shape index (κ2) is 17.3. The van der Waals surface area contributed by atoms with Gasteiger partial charge in [-0.05, 0) is 101 Å². The standard InChI is InChI=1S/C45H55F2N11O5/c1-28-39-30(4-2-6-35(39)58(52-28)36-11-12-38(59)51-44(36)61)5-3-22-62-32-13-18-54(19-14-32)25-29-7-9-31(10-8-29)57-26-34(40(53-57)41(46)47)49-43(60)33-24-48-56-20-15-37(50-42(33)56)55-21-23-63-45(27-55)16-17-45/h2,4,6,15,20,24,26,29,31-32,36,41H,3,5,7-14,16-19,21-23,25,27H2,1H3,(H,49,60)(H,51,59,61). The van der Waals surface area contributed by atoms with Crippen LogP contribution in [0.15, 0.2) is 42.9 Å². The van der Waals surface area contributed by atoms with Crippen molar-refractivity contribution in [3.05, 3.63) is 65.4 Å². The molecule has 5 aliphatic rings. The number of carbonyl (C=O) groups excluding carboxylic acids is 3. The first-order valence-electron chi connectivity index (χ1n) is 22.7. The molecule has 1 atom stereocenters. The third-order valence-electron chi connectivity index (χ3n) is 13.9. The van der Waals surface area contributed by atoms with E-state index in [1.54, 1.807) is 21.8 Å². The Morgan fingerprint density at radius 1 is 1.05 bits per heavy atom. The van der Waals surface area contributed by atoms with Crippen LogP contribution in [0.2, 0.25) is 0 Å². The maximum absolute atomic E-state index is 14.3. The molecule has 16 nitrogen and oxygen atoms in total. The lowest BCUT2D eigenvalue weighted by atomic mass is 9.85. The van der Waals surface area contributed by atoms with E-state index in [4.69, 9.17) is 19.6 Å². The first kappa shape index (κ1) is 41.7. The van der Waals surface area contributed by atoms with E-state index in [-0.39, 0.29) is 40.8 Å². The zero-order valence-electron chi connectivity index (χ0n) is 35.7. The topological polar surface area (TPSA) is 166 Å². The van der Waals surface area contributed by atoms with Gasteiger partial charge in [-0.1, -0.05) is 12.1 Å². The van der Waals surface area contributed by atoms with Crippen LogP contribution in [0.3, 0.4) is 0 Å². The van der Waals surface area contributed by atoms with Crippen LogP contribution in [0.25, 0.3) is 16.6 Å². The van der Waals surface area contributed by atoms with Crippen LogP contribution in [0.5, 0.6) is 0 Å². The van der Waals surface area contributed by atoms with Gasteiger partial charge in [0.25, 0.3) is 18.2 Å². The van der Waals surface area contributed by atoms with Crippen LogP contribution in [0, 0.1) is 12.8 Å². The van der Waals surface area contributed by atoms with Crippen molar-refractivity contribution in [2.75, 3.05) is 56.2 Å². The Morgan fingerprint density at radius 2 is 1.87 bits per heavy atom. The quantitative estimate of drug-likeness (QED) is 0.106. The number of piperidine rings is 2. The summed E-state index contributed by atoms with van der Waals surface area (Å²) in [5.74, 6) is 0.160. The van der Waals surface area contributed by atoms with Gasteiger partial charge in [0.1, 0.15) is 17.4 Å². The highest BCUT2D eigenvalue weighted by atomic mass is 19.3. The number of rotatable bonds is 13. The van der Waals surface area contributed by atoms with Crippen molar-refractivity contribution in [2.45, 2.75) is 114 Å². The fourth-order valence-corrected chi connectivity index (χ4v) is 10.3. The lowest BCUT2D eigenvalue weighted by Gasteiger charge is -2.36. The van der Waals surface area contributed by atoms with Gasteiger partial charge in [-0.25, -0.2) is 18.3 Å². The monoisotopic (exact) mass is 867 g/mol. The number of hydrogen-bond donors (Lipinski definition) is 2. The van der Waals surface area contributed by atoms with E-state index >= 15 is 0 Å². The summed E-state index contributed by atoms with van der Waals surface area (Å²) in [5.41, 5.74) is 3.03. The molecule has 5 fully saturated rings. The molecule has 0 radical (unpaired) electrons. The zero-order valence-corrected chi connectivity index (χ0v) is 35.7. The molecule has 4 aromatic heterocycles. The summed E-state index contributed by atoms with van der Waals surface area (Å²) in [6.07, 6.45) is 12.3. The van der Waals surface area contributed by atoms with Crippen molar-refractivity contribution < 1.29 is 32.6 Å². The number of amides is 3. The Bertz CT molecular complexity index is 2500. The number of nitrogens with zero attached hydrogens (tertiary/aromatic N) is 9. The zero-order chi connectivity index (χ0) is 43.2. The highest BCUT2D eigenvalue weighted by Crippen LogP contribution is 2.43. The van der Waals surface area contributed by atoms with Crippen molar-refractivity contribution in [2.24, 2.45) is 5.92 Å². The van der Waals surface area contributed by atoms with E-state index in [1.807, 2.05) is 25.1 Å². The highest BCUT2D eigenvalue weighted by Gasteiger charge is 2.47. The minimum atomic E-state index is -2.85. The number of carbonyl (C=O) groups is 3. The van der Waals surface area contributed by atoms with Crippen LogP contribution in [0.4, 0.5) is 20.3 Å². The molecule has 18 heteroatoms. The summed E-state index contributed by atoms with van der Waals surface area (Å²) < 4.78 is 45.9. The lowest BCUT2D eigenvalue weighted by molar-refractivity contribution is -0.135. The number of likely N-dealkylation sites (tertiary alicyclic amines) is 1. The molecule has 0 bridgehead atoms. The number of ether oxygens (including phenoxy) is 2. The number of hydrogen-bond acceptors (Lipinski definition) is 11. The summed E-state index contributed by atoms with van der Waals surface area (Å²) >= 11 is 0. The van der Waals surface area contributed by atoms with Crippen molar-refractivity contribution in [3.8, 4) is 0 Å². The molecule has 334 valence electrons. The average molecular weight is 868 g/mol. The molecule has 2 N–H and O–H groups in total. The highest BCUT2D eigenvalue weighted by molar-refractivity contribution is 6.08. The van der Waals surface area contributed by atoms with Gasteiger partial charge in [-0.2, -0.15) is 15.3 Å². The third-order valence-corrected chi connectivity index (χ3v) is 13.9. The Kier molecular flexibility index (Phi) is 11.5. The summed E-state index contributed by atoms with van der Waals surface area (Å²) in [6, 6.07) is 7.49.